The number of hydrogen-bond donors (Lipinski definition) is 2. The summed E-state index contributed by atoms with van der Waals surface area (Å²) in [6, 6.07) is 0. The predicted octanol–water partition coefficient (Wildman–Crippen LogP) is 0.997. The number of unbranched alkanes of at least 4 members (excludes halogenated alkanes) is 3. The molecule has 0 heterocycles. The van der Waals surface area contributed by atoms with Crippen LogP contribution in [-0.2, 0) is 4.79 Å². The van der Waals surface area contributed by atoms with Gasteiger partial charge in [0, 0.05) is 27.1 Å². The van der Waals surface area contributed by atoms with E-state index in [0.29, 0.717) is 13.0 Å². The highest BCUT2D eigenvalue weighted by Gasteiger charge is 2.01. The second kappa shape index (κ2) is 10.9. The molecule has 0 bridgehead atoms. The van der Waals surface area contributed by atoms with Crippen LogP contribution in [0.1, 0.15) is 38.5 Å². The minimum Gasteiger partial charge on any atom is -0.396 e. The molecular weight excluding hydrogens is 204 g/mol. The molecule has 0 aromatic carbocycles. The van der Waals surface area contributed by atoms with Gasteiger partial charge in [-0.2, -0.15) is 0 Å². The third-order valence-electron chi connectivity index (χ3n) is 2.50. The predicted molar refractivity (Wildman–Crippen MR) is 66.4 cm³/mol. The second-order valence-corrected chi connectivity index (χ2v) is 4.28. The van der Waals surface area contributed by atoms with E-state index in [4.69, 9.17) is 5.11 Å². The highest BCUT2D eigenvalue weighted by atomic mass is 16.2. The first-order valence-corrected chi connectivity index (χ1v) is 6.20. The van der Waals surface area contributed by atoms with E-state index in [1.54, 1.807) is 19.0 Å². The molecule has 0 aliphatic heterocycles. The molecule has 4 nitrogen and oxygen atoms in total. The first-order valence-electron chi connectivity index (χ1n) is 6.20. The minimum atomic E-state index is 0.199. The van der Waals surface area contributed by atoms with Crippen molar-refractivity contribution < 1.29 is 9.90 Å². The number of hydrogen-bond acceptors (Lipinski definition) is 3. The molecule has 0 radical (unpaired) electrons. The summed E-state index contributed by atoms with van der Waals surface area (Å²) in [5.74, 6) is 0.199. The van der Waals surface area contributed by atoms with Crippen LogP contribution < -0.4 is 5.32 Å². The average Bonchev–Trinajstić information content (AvgIpc) is 2.26. The Morgan fingerprint density at radius 1 is 1.06 bits per heavy atom. The van der Waals surface area contributed by atoms with Crippen LogP contribution in [0.4, 0.5) is 0 Å². The molecule has 0 unspecified atom stereocenters. The molecule has 0 aliphatic carbocycles. The molecule has 0 aromatic rings. The molecule has 0 spiro atoms. The molecule has 0 saturated carbocycles. The van der Waals surface area contributed by atoms with Crippen LogP contribution in [0, 0.1) is 0 Å². The minimum absolute atomic E-state index is 0.199. The van der Waals surface area contributed by atoms with Gasteiger partial charge >= 0.3 is 0 Å². The summed E-state index contributed by atoms with van der Waals surface area (Å²) in [4.78, 5) is 12.9. The third kappa shape index (κ3) is 9.93. The molecule has 2 N–H and O–H groups in total. The van der Waals surface area contributed by atoms with E-state index in [0.717, 1.165) is 38.8 Å². The fourth-order valence-electron chi connectivity index (χ4n) is 1.43. The highest BCUT2D eigenvalue weighted by molar-refractivity contribution is 5.75. The summed E-state index contributed by atoms with van der Waals surface area (Å²) in [6.45, 7) is 2.24. The maximum Gasteiger partial charge on any atom is 0.222 e. The second-order valence-electron chi connectivity index (χ2n) is 4.28. The zero-order valence-corrected chi connectivity index (χ0v) is 10.7. The summed E-state index contributed by atoms with van der Waals surface area (Å²) in [5, 5.41) is 11.9. The van der Waals surface area contributed by atoms with Crippen molar-refractivity contribution in [2.24, 2.45) is 0 Å². The fraction of sp³-hybridized carbons (Fsp3) is 0.917. The number of nitrogens with zero attached hydrogens (tertiary/aromatic N) is 1. The van der Waals surface area contributed by atoms with Crippen LogP contribution in [0.25, 0.3) is 0 Å². The molecule has 1 amide bonds. The lowest BCUT2D eigenvalue weighted by atomic mass is 10.2. The van der Waals surface area contributed by atoms with Crippen molar-refractivity contribution in [2.75, 3.05) is 33.8 Å². The smallest absolute Gasteiger partial charge is 0.222 e. The SMILES string of the molecule is CN(C)C(=O)CCCNCCCCCCO. The van der Waals surface area contributed by atoms with Gasteiger partial charge in [-0.3, -0.25) is 4.79 Å². The van der Waals surface area contributed by atoms with E-state index in [9.17, 15) is 4.79 Å². The van der Waals surface area contributed by atoms with E-state index in [1.807, 2.05) is 0 Å². The normalized spacial score (nSPS) is 10.4. The van der Waals surface area contributed by atoms with E-state index >= 15 is 0 Å². The van der Waals surface area contributed by atoms with Crippen LogP contribution in [0.5, 0.6) is 0 Å². The van der Waals surface area contributed by atoms with Gasteiger partial charge in [0.15, 0.2) is 0 Å². The van der Waals surface area contributed by atoms with Gasteiger partial charge in [0.05, 0.1) is 0 Å². The van der Waals surface area contributed by atoms with Gasteiger partial charge in [-0.15, -0.1) is 0 Å². The van der Waals surface area contributed by atoms with Crippen molar-refractivity contribution in [2.45, 2.75) is 38.5 Å². The fourth-order valence-corrected chi connectivity index (χ4v) is 1.43. The number of aliphatic hydroxyl groups excluding tert-OH is 1. The monoisotopic (exact) mass is 230 g/mol. The number of carbonyl (C=O) groups is 1. The lowest BCUT2D eigenvalue weighted by Gasteiger charge is -2.10. The van der Waals surface area contributed by atoms with E-state index in [-0.39, 0.29) is 5.91 Å². The molecule has 0 saturated heterocycles. The molecule has 0 rings (SSSR count). The number of aliphatic hydroxyl groups is 1. The van der Waals surface area contributed by atoms with Gasteiger partial charge in [0.1, 0.15) is 0 Å². The van der Waals surface area contributed by atoms with Gasteiger partial charge in [-0.1, -0.05) is 12.8 Å². The molecule has 0 aromatic heterocycles. The van der Waals surface area contributed by atoms with Crippen molar-refractivity contribution in [1.82, 2.24) is 10.2 Å². The van der Waals surface area contributed by atoms with Crippen molar-refractivity contribution in [1.29, 1.82) is 0 Å². The largest absolute Gasteiger partial charge is 0.396 e. The number of amides is 1. The van der Waals surface area contributed by atoms with Crippen LogP contribution >= 0.6 is 0 Å². The standard InChI is InChI=1S/C12H26N2O2/c1-14(2)12(16)8-7-10-13-9-5-3-4-6-11-15/h13,15H,3-11H2,1-2H3. The van der Waals surface area contributed by atoms with Gasteiger partial charge in [-0.25, -0.2) is 0 Å². The summed E-state index contributed by atoms with van der Waals surface area (Å²) < 4.78 is 0. The maximum atomic E-state index is 11.2. The Hall–Kier alpha value is -0.610. The number of carbonyl (C=O) groups excluding carboxylic acids is 1. The van der Waals surface area contributed by atoms with Gasteiger partial charge in [0.25, 0.3) is 0 Å². The van der Waals surface area contributed by atoms with E-state index in [2.05, 4.69) is 5.32 Å². The maximum absolute atomic E-state index is 11.2. The van der Waals surface area contributed by atoms with Crippen LogP contribution in [0.2, 0.25) is 0 Å². The number of nitrogens with one attached hydrogen (secondary N) is 1. The summed E-state index contributed by atoms with van der Waals surface area (Å²) in [7, 11) is 3.58. The first-order chi connectivity index (χ1) is 7.68. The Bertz CT molecular complexity index is 172. The Morgan fingerprint density at radius 3 is 2.31 bits per heavy atom. The molecular formula is C12H26N2O2. The Morgan fingerprint density at radius 2 is 1.69 bits per heavy atom. The summed E-state index contributed by atoms with van der Waals surface area (Å²) in [6.07, 6.45) is 5.89. The molecule has 96 valence electrons. The third-order valence-corrected chi connectivity index (χ3v) is 2.50. The topological polar surface area (TPSA) is 52.6 Å². The van der Waals surface area contributed by atoms with E-state index < -0.39 is 0 Å². The Labute approximate surface area is 99.0 Å². The molecule has 16 heavy (non-hydrogen) atoms. The van der Waals surface area contributed by atoms with Crippen LogP contribution in [0.3, 0.4) is 0 Å². The zero-order chi connectivity index (χ0) is 12.2. The van der Waals surface area contributed by atoms with E-state index in [1.165, 1.54) is 6.42 Å². The van der Waals surface area contributed by atoms with Crippen LogP contribution in [0.15, 0.2) is 0 Å². The van der Waals surface area contributed by atoms with Gasteiger partial charge in [-0.05, 0) is 32.4 Å². The van der Waals surface area contributed by atoms with Crippen LogP contribution in [-0.4, -0.2) is 49.7 Å². The Balaban J connectivity index is 3.07. The number of rotatable bonds is 10. The zero-order valence-electron chi connectivity index (χ0n) is 10.7. The van der Waals surface area contributed by atoms with Crippen molar-refractivity contribution in [3.63, 3.8) is 0 Å². The lowest BCUT2D eigenvalue weighted by Crippen LogP contribution is -2.23. The quantitative estimate of drug-likeness (QED) is 0.550. The van der Waals surface area contributed by atoms with Crippen molar-refractivity contribution >= 4 is 5.91 Å². The average molecular weight is 230 g/mol. The lowest BCUT2D eigenvalue weighted by molar-refractivity contribution is -0.128. The van der Waals surface area contributed by atoms with Crippen molar-refractivity contribution in [3.05, 3.63) is 0 Å². The van der Waals surface area contributed by atoms with Crippen molar-refractivity contribution in [3.8, 4) is 0 Å². The molecule has 0 fully saturated rings. The molecule has 0 aliphatic rings. The Kier molecular flexibility index (Phi) is 10.5. The summed E-state index contributed by atoms with van der Waals surface area (Å²) >= 11 is 0. The van der Waals surface area contributed by atoms with Gasteiger partial charge < -0.3 is 15.3 Å². The van der Waals surface area contributed by atoms with Gasteiger partial charge in [0.2, 0.25) is 5.91 Å². The summed E-state index contributed by atoms with van der Waals surface area (Å²) in [5.41, 5.74) is 0. The first kappa shape index (κ1) is 15.4. The highest BCUT2D eigenvalue weighted by Crippen LogP contribution is 1.98. The molecule has 0 atom stereocenters. The molecule has 4 heteroatoms.